The maximum absolute atomic E-state index is 12.1. The number of phenols is 1. The Morgan fingerprint density at radius 2 is 1.95 bits per heavy atom. The summed E-state index contributed by atoms with van der Waals surface area (Å²) in [5.74, 6) is 0.391. The quantitative estimate of drug-likeness (QED) is 0.774. The summed E-state index contributed by atoms with van der Waals surface area (Å²) in [6.07, 6.45) is 0.936. The highest BCUT2D eigenvalue weighted by molar-refractivity contribution is 5.96. The topological polar surface area (TPSA) is 52.6 Å². The highest BCUT2D eigenvalue weighted by Crippen LogP contribution is 2.19. The minimum Gasteiger partial charge on any atom is -0.507 e. The molecule has 1 amide bonds. The number of phenolic OH excluding ortho intramolecular Hbond substituents is 1. The van der Waals surface area contributed by atoms with Gasteiger partial charge >= 0.3 is 0 Å². The largest absolute Gasteiger partial charge is 0.507 e. The molecule has 4 nitrogen and oxygen atoms in total. The number of hydrogen-bond acceptors (Lipinski definition) is 3. The molecule has 1 rings (SSSR count). The molecule has 0 heterocycles. The molecule has 0 saturated carbocycles. The first-order valence-corrected chi connectivity index (χ1v) is 7.80. The van der Waals surface area contributed by atoms with Gasteiger partial charge in [-0.05, 0) is 43.1 Å². The number of carbonyl (C=O) groups excluding carboxylic acids is 1. The molecule has 0 unspecified atom stereocenters. The monoisotopic (exact) mass is 292 g/mol. The van der Waals surface area contributed by atoms with Crippen LogP contribution in [0, 0.1) is 5.92 Å². The van der Waals surface area contributed by atoms with E-state index in [4.69, 9.17) is 0 Å². The second-order valence-electron chi connectivity index (χ2n) is 5.75. The van der Waals surface area contributed by atoms with E-state index >= 15 is 0 Å². The Bertz CT molecular complexity index is 454. The van der Waals surface area contributed by atoms with Gasteiger partial charge in [-0.25, -0.2) is 0 Å². The summed E-state index contributed by atoms with van der Waals surface area (Å²) in [4.78, 5) is 14.4. The van der Waals surface area contributed by atoms with E-state index in [0.29, 0.717) is 18.0 Å². The zero-order valence-corrected chi connectivity index (χ0v) is 13.6. The van der Waals surface area contributed by atoms with E-state index in [1.54, 1.807) is 12.1 Å². The van der Waals surface area contributed by atoms with Gasteiger partial charge in [0.15, 0.2) is 0 Å². The first kappa shape index (κ1) is 17.5. The molecule has 0 aromatic heterocycles. The second kappa shape index (κ2) is 8.67. The first-order chi connectivity index (χ1) is 9.97. The molecule has 0 atom stereocenters. The summed E-state index contributed by atoms with van der Waals surface area (Å²) in [5, 5.41) is 12.8. The van der Waals surface area contributed by atoms with Crippen molar-refractivity contribution in [1.29, 1.82) is 0 Å². The lowest BCUT2D eigenvalue weighted by atomic mass is 10.1. The number of aromatic hydroxyl groups is 1. The van der Waals surface area contributed by atoms with Crippen LogP contribution in [0.25, 0.3) is 0 Å². The average Bonchev–Trinajstić information content (AvgIpc) is 2.45. The summed E-state index contributed by atoms with van der Waals surface area (Å²) in [5.41, 5.74) is 1.41. The SMILES string of the molecule is CCN(CC)Cc1ccc(O)c(C(=O)NCCC(C)C)c1. The lowest BCUT2D eigenvalue weighted by Gasteiger charge is -2.18. The third-order valence-electron chi connectivity index (χ3n) is 3.61. The van der Waals surface area contributed by atoms with Crippen molar-refractivity contribution in [3.8, 4) is 5.75 Å². The molecule has 118 valence electrons. The Kier molecular flexibility index (Phi) is 7.23. The predicted octanol–water partition coefficient (Wildman–Crippen LogP) is 3.01. The van der Waals surface area contributed by atoms with Gasteiger partial charge in [-0.3, -0.25) is 9.69 Å². The molecule has 1 aromatic rings. The van der Waals surface area contributed by atoms with Crippen molar-refractivity contribution in [2.45, 2.75) is 40.7 Å². The van der Waals surface area contributed by atoms with E-state index < -0.39 is 0 Å². The molecular weight excluding hydrogens is 264 g/mol. The van der Waals surface area contributed by atoms with Crippen molar-refractivity contribution in [3.05, 3.63) is 29.3 Å². The average molecular weight is 292 g/mol. The van der Waals surface area contributed by atoms with Crippen molar-refractivity contribution in [1.82, 2.24) is 10.2 Å². The minimum atomic E-state index is -0.199. The van der Waals surface area contributed by atoms with Crippen LogP contribution < -0.4 is 5.32 Å². The summed E-state index contributed by atoms with van der Waals surface area (Å²) in [7, 11) is 0. The molecular formula is C17H28N2O2. The van der Waals surface area contributed by atoms with E-state index in [2.05, 4.69) is 37.9 Å². The number of rotatable bonds is 8. The number of nitrogens with zero attached hydrogens (tertiary/aromatic N) is 1. The zero-order chi connectivity index (χ0) is 15.8. The van der Waals surface area contributed by atoms with Crippen molar-refractivity contribution >= 4 is 5.91 Å². The zero-order valence-electron chi connectivity index (χ0n) is 13.6. The predicted molar refractivity (Wildman–Crippen MR) is 86.5 cm³/mol. The lowest BCUT2D eigenvalue weighted by Crippen LogP contribution is -2.26. The molecule has 0 radical (unpaired) electrons. The van der Waals surface area contributed by atoms with Gasteiger partial charge in [0.1, 0.15) is 5.75 Å². The van der Waals surface area contributed by atoms with Crippen LogP contribution in [0.1, 0.15) is 50.0 Å². The van der Waals surface area contributed by atoms with E-state index in [0.717, 1.165) is 31.6 Å². The fraction of sp³-hybridized carbons (Fsp3) is 0.588. The van der Waals surface area contributed by atoms with Crippen LogP contribution in [0.4, 0.5) is 0 Å². The molecule has 0 fully saturated rings. The Morgan fingerprint density at radius 3 is 2.52 bits per heavy atom. The summed E-state index contributed by atoms with van der Waals surface area (Å²) in [6, 6.07) is 5.27. The molecule has 0 spiro atoms. The number of hydrogen-bond donors (Lipinski definition) is 2. The summed E-state index contributed by atoms with van der Waals surface area (Å²) >= 11 is 0. The van der Waals surface area contributed by atoms with Crippen molar-refractivity contribution in [2.75, 3.05) is 19.6 Å². The molecule has 1 aromatic carbocycles. The van der Waals surface area contributed by atoms with Gasteiger partial charge in [0, 0.05) is 13.1 Å². The molecule has 0 bridgehead atoms. The molecule has 4 heteroatoms. The van der Waals surface area contributed by atoms with Gasteiger partial charge in [-0.15, -0.1) is 0 Å². The Hall–Kier alpha value is -1.55. The molecule has 0 saturated heterocycles. The number of benzene rings is 1. The van der Waals surface area contributed by atoms with Crippen LogP contribution in [0.2, 0.25) is 0 Å². The van der Waals surface area contributed by atoms with Crippen LogP contribution in [-0.2, 0) is 6.54 Å². The Balaban J connectivity index is 2.74. The van der Waals surface area contributed by atoms with E-state index in [1.165, 1.54) is 0 Å². The maximum atomic E-state index is 12.1. The normalized spacial score (nSPS) is 11.1. The lowest BCUT2D eigenvalue weighted by molar-refractivity contribution is 0.0949. The van der Waals surface area contributed by atoms with Crippen molar-refractivity contribution in [3.63, 3.8) is 0 Å². The van der Waals surface area contributed by atoms with Crippen LogP contribution in [0.15, 0.2) is 18.2 Å². The van der Waals surface area contributed by atoms with Crippen LogP contribution in [0.5, 0.6) is 5.75 Å². The van der Waals surface area contributed by atoms with Gasteiger partial charge in [0.05, 0.1) is 5.56 Å². The molecule has 21 heavy (non-hydrogen) atoms. The smallest absolute Gasteiger partial charge is 0.255 e. The van der Waals surface area contributed by atoms with E-state index in [9.17, 15) is 9.90 Å². The highest BCUT2D eigenvalue weighted by Gasteiger charge is 2.12. The molecule has 0 aliphatic heterocycles. The Labute approximate surface area is 128 Å². The minimum absolute atomic E-state index is 0.0420. The van der Waals surface area contributed by atoms with Gasteiger partial charge < -0.3 is 10.4 Å². The Morgan fingerprint density at radius 1 is 1.29 bits per heavy atom. The third-order valence-corrected chi connectivity index (χ3v) is 3.61. The van der Waals surface area contributed by atoms with Crippen molar-refractivity contribution in [2.24, 2.45) is 5.92 Å². The highest BCUT2D eigenvalue weighted by atomic mass is 16.3. The van der Waals surface area contributed by atoms with Gasteiger partial charge in [0.25, 0.3) is 5.91 Å². The van der Waals surface area contributed by atoms with Crippen LogP contribution in [0.3, 0.4) is 0 Å². The fourth-order valence-electron chi connectivity index (χ4n) is 2.14. The standard InChI is InChI=1S/C17H28N2O2/c1-5-19(6-2)12-14-7-8-16(20)15(11-14)17(21)18-10-9-13(3)4/h7-8,11,13,20H,5-6,9-10,12H2,1-4H3,(H,18,21). The van der Waals surface area contributed by atoms with Gasteiger partial charge in [0.2, 0.25) is 0 Å². The van der Waals surface area contributed by atoms with Crippen LogP contribution in [-0.4, -0.2) is 35.5 Å². The van der Waals surface area contributed by atoms with E-state index in [1.807, 2.05) is 6.07 Å². The molecule has 2 N–H and O–H groups in total. The van der Waals surface area contributed by atoms with Gasteiger partial charge in [-0.2, -0.15) is 0 Å². The maximum Gasteiger partial charge on any atom is 0.255 e. The third kappa shape index (κ3) is 5.76. The number of amides is 1. The fourth-order valence-corrected chi connectivity index (χ4v) is 2.14. The number of carbonyl (C=O) groups is 1. The van der Waals surface area contributed by atoms with Gasteiger partial charge in [-0.1, -0.05) is 33.8 Å². The number of nitrogens with one attached hydrogen (secondary N) is 1. The van der Waals surface area contributed by atoms with Crippen molar-refractivity contribution < 1.29 is 9.90 Å². The summed E-state index contributed by atoms with van der Waals surface area (Å²) < 4.78 is 0. The molecule has 0 aliphatic rings. The second-order valence-corrected chi connectivity index (χ2v) is 5.75. The van der Waals surface area contributed by atoms with Crippen LogP contribution >= 0.6 is 0 Å². The first-order valence-electron chi connectivity index (χ1n) is 7.80. The van der Waals surface area contributed by atoms with E-state index in [-0.39, 0.29) is 11.7 Å². The molecule has 0 aliphatic carbocycles. The summed E-state index contributed by atoms with van der Waals surface area (Å²) in [6.45, 7) is 11.8.